The van der Waals surface area contributed by atoms with Crippen LogP contribution in [0.15, 0.2) is 29.2 Å². The van der Waals surface area contributed by atoms with Gasteiger partial charge in [0.2, 0.25) is 0 Å². The van der Waals surface area contributed by atoms with Crippen molar-refractivity contribution in [1.82, 2.24) is 10.3 Å². The number of halogens is 1. The number of rotatable bonds is 3. The molecule has 1 aromatic rings. The monoisotopic (exact) mass is 265 g/mol. The van der Waals surface area contributed by atoms with Gasteiger partial charge in [0.1, 0.15) is 0 Å². The molecule has 1 rings (SSSR count). The van der Waals surface area contributed by atoms with Crippen LogP contribution < -0.4 is 16.0 Å². The van der Waals surface area contributed by atoms with Gasteiger partial charge >= 0.3 is 0 Å². The second-order valence-electron chi connectivity index (χ2n) is 2.55. The van der Waals surface area contributed by atoms with Gasteiger partial charge in [-0.25, -0.2) is 8.42 Å². The predicted molar refractivity (Wildman–Crippen MR) is 61.7 cm³/mol. The number of hydrazine groups is 1. The van der Waals surface area contributed by atoms with E-state index in [1.165, 1.54) is 24.3 Å². The van der Waals surface area contributed by atoms with Crippen molar-refractivity contribution in [2.24, 2.45) is 5.73 Å². The summed E-state index contributed by atoms with van der Waals surface area (Å²) >= 11 is 10.1. The van der Waals surface area contributed by atoms with Gasteiger partial charge in [0.15, 0.2) is 5.11 Å². The highest BCUT2D eigenvalue weighted by atomic mass is 35.5. The van der Waals surface area contributed by atoms with Crippen molar-refractivity contribution in [1.29, 1.82) is 0 Å². The first-order chi connectivity index (χ1) is 6.92. The van der Waals surface area contributed by atoms with Crippen LogP contribution in [-0.4, -0.2) is 13.5 Å². The summed E-state index contributed by atoms with van der Waals surface area (Å²) in [4.78, 5) is 2.07. The lowest BCUT2D eigenvalue weighted by Crippen LogP contribution is -2.44. The molecule has 0 aliphatic carbocycles. The molecule has 0 atom stereocenters. The fourth-order valence-corrected chi connectivity index (χ4v) is 1.89. The van der Waals surface area contributed by atoms with Gasteiger partial charge in [-0.15, -0.1) is 4.83 Å². The summed E-state index contributed by atoms with van der Waals surface area (Å²) in [6, 6.07) is 5.67. The molecule has 0 aliphatic heterocycles. The summed E-state index contributed by atoms with van der Waals surface area (Å²) in [5.41, 5.74) is 7.21. The van der Waals surface area contributed by atoms with E-state index >= 15 is 0 Å². The van der Waals surface area contributed by atoms with E-state index in [2.05, 4.69) is 17.6 Å². The fourth-order valence-electron chi connectivity index (χ4n) is 0.790. The van der Waals surface area contributed by atoms with E-state index in [1.54, 1.807) is 0 Å². The average Bonchev–Trinajstić information content (AvgIpc) is 2.16. The van der Waals surface area contributed by atoms with Crippen molar-refractivity contribution in [3.8, 4) is 0 Å². The molecule has 0 fully saturated rings. The molecule has 0 heterocycles. The van der Waals surface area contributed by atoms with Crippen LogP contribution in [0.25, 0.3) is 0 Å². The van der Waals surface area contributed by atoms with Crippen molar-refractivity contribution < 1.29 is 8.42 Å². The van der Waals surface area contributed by atoms with E-state index in [0.717, 1.165) is 0 Å². The highest BCUT2D eigenvalue weighted by molar-refractivity contribution is 7.89. The topological polar surface area (TPSA) is 84.2 Å². The molecule has 0 radical (unpaired) electrons. The lowest BCUT2D eigenvalue weighted by atomic mass is 10.4. The normalized spacial score (nSPS) is 11.0. The van der Waals surface area contributed by atoms with E-state index in [-0.39, 0.29) is 10.0 Å². The van der Waals surface area contributed by atoms with Gasteiger partial charge in [-0.05, 0) is 36.5 Å². The molecule has 0 saturated carbocycles. The van der Waals surface area contributed by atoms with E-state index in [4.69, 9.17) is 17.3 Å². The van der Waals surface area contributed by atoms with Crippen LogP contribution in [0.3, 0.4) is 0 Å². The van der Waals surface area contributed by atoms with Crippen LogP contribution in [0.1, 0.15) is 0 Å². The SMILES string of the molecule is NC(=S)NNS(=O)(=O)c1ccc(Cl)cc1. The third-order valence-electron chi connectivity index (χ3n) is 1.43. The number of benzene rings is 1. The maximum Gasteiger partial charge on any atom is 0.257 e. The number of sulfonamides is 1. The minimum atomic E-state index is -3.66. The molecule has 82 valence electrons. The molecule has 0 aliphatic rings. The van der Waals surface area contributed by atoms with Gasteiger partial charge in [-0.1, -0.05) is 11.6 Å². The lowest BCUT2D eigenvalue weighted by Gasteiger charge is -2.07. The van der Waals surface area contributed by atoms with Gasteiger partial charge < -0.3 is 5.73 Å². The number of thiocarbonyl (C=S) groups is 1. The summed E-state index contributed by atoms with van der Waals surface area (Å²) in [5, 5.41) is 0.295. The Bertz CT molecular complexity index is 458. The number of hydrogen-bond donors (Lipinski definition) is 3. The zero-order chi connectivity index (χ0) is 11.5. The van der Waals surface area contributed by atoms with Gasteiger partial charge in [-0.2, -0.15) is 0 Å². The molecule has 0 bridgehead atoms. The molecule has 4 N–H and O–H groups in total. The molecule has 8 heteroatoms. The largest absolute Gasteiger partial charge is 0.375 e. The van der Waals surface area contributed by atoms with Crippen LogP contribution in [0.2, 0.25) is 5.02 Å². The summed E-state index contributed by atoms with van der Waals surface area (Å²) in [5.74, 6) is 0. The van der Waals surface area contributed by atoms with Crippen molar-refractivity contribution in [2.45, 2.75) is 4.90 Å². The van der Waals surface area contributed by atoms with Crippen LogP contribution in [0, 0.1) is 0 Å². The zero-order valence-electron chi connectivity index (χ0n) is 7.40. The Morgan fingerprint density at radius 3 is 2.33 bits per heavy atom. The summed E-state index contributed by atoms with van der Waals surface area (Å²) in [7, 11) is -3.66. The van der Waals surface area contributed by atoms with Gasteiger partial charge in [-0.3, -0.25) is 5.43 Å². The van der Waals surface area contributed by atoms with Crippen molar-refractivity contribution >= 4 is 39.0 Å². The fraction of sp³-hybridized carbons (Fsp3) is 0. The molecule has 0 unspecified atom stereocenters. The van der Waals surface area contributed by atoms with Crippen LogP contribution in [0.4, 0.5) is 0 Å². The quantitative estimate of drug-likeness (QED) is 0.543. The minimum Gasteiger partial charge on any atom is -0.375 e. The first kappa shape index (κ1) is 12.2. The first-order valence-electron chi connectivity index (χ1n) is 3.74. The zero-order valence-corrected chi connectivity index (χ0v) is 9.79. The maximum atomic E-state index is 11.5. The summed E-state index contributed by atoms with van der Waals surface area (Å²) in [6.07, 6.45) is 0. The molecule has 0 spiro atoms. The standard InChI is InChI=1S/C7H8ClN3O2S2/c8-5-1-3-6(4-2-5)15(12,13)11-10-7(9)14/h1-4,11H,(H3,9,10,14). The molecule has 15 heavy (non-hydrogen) atoms. The molecular weight excluding hydrogens is 258 g/mol. The molecule has 0 amide bonds. The average molecular weight is 266 g/mol. The Morgan fingerprint density at radius 1 is 1.33 bits per heavy atom. The van der Waals surface area contributed by atoms with E-state index in [0.29, 0.717) is 5.02 Å². The van der Waals surface area contributed by atoms with Gasteiger partial charge in [0.05, 0.1) is 4.90 Å². The molecule has 1 aromatic carbocycles. The van der Waals surface area contributed by atoms with Gasteiger partial charge in [0.25, 0.3) is 10.0 Å². The van der Waals surface area contributed by atoms with E-state index in [9.17, 15) is 8.42 Å². The second kappa shape index (κ2) is 4.75. The van der Waals surface area contributed by atoms with Crippen LogP contribution >= 0.6 is 23.8 Å². The number of nitrogens with two attached hydrogens (primary N) is 1. The Labute approximate surface area is 97.6 Å². The van der Waals surface area contributed by atoms with Crippen LogP contribution in [0.5, 0.6) is 0 Å². The van der Waals surface area contributed by atoms with E-state index in [1.807, 2.05) is 4.83 Å². The molecule has 0 saturated heterocycles. The van der Waals surface area contributed by atoms with Crippen molar-refractivity contribution in [3.63, 3.8) is 0 Å². The Hall–Kier alpha value is -0.890. The molecular formula is C7H8ClN3O2S2. The number of nitrogens with one attached hydrogen (secondary N) is 2. The lowest BCUT2D eigenvalue weighted by molar-refractivity contribution is 0.577. The third-order valence-corrected chi connectivity index (χ3v) is 3.05. The third kappa shape index (κ3) is 3.63. The molecule has 5 nitrogen and oxygen atoms in total. The first-order valence-corrected chi connectivity index (χ1v) is 6.01. The Morgan fingerprint density at radius 2 is 1.87 bits per heavy atom. The highest BCUT2D eigenvalue weighted by Gasteiger charge is 2.12. The maximum absolute atomic E-state index is 11.5. The van der Waals surface area contributed by atoms with Crippen molar-refractivity contribution in [3.05, 3.63) is 29.3 Å². The predicted octanol–water partition coefficient (Wildman–Crippen LogP) is 0.367. The summed E-state index contributed by atoms with van der Waals surface area (Å²) in [6.45, 7) is 0. The van der Waals surface area contributed by atoms with Crippen molar-refractivity contribution in [2.75, 3.05) is 0 Å². The minimum absolute atomic E-state index is 0.0654. The Kier molecular flexibility index (Phi) is 3.86. The summed E-state index contributed by atoms with van der Waals surface area (Å²) < 4.78 is 23.0. The van der Waals surface area contributed by atoms with E-state index < -0.39 is 10.0 Å². The van der Waals surface area contributed by atoms with Gasteiger partial charge in [0, 0.05) is 5.02 Å². The number of hydrogen-bond acceptors (Lipinski definition) is 3. The Balaban J connectivity index is 2.87. The van der Waals surface area contributed by atoms with Crippen LogP contribution in [-0.2, 0) is 10.0 Å². The highest BCUT2D eigenvalue weighted by Crippen LogP contribution is 2.13. The molecule has 0 aromatic heterocycles. The second-order valence-corrected chi connectivity index (χ2v) is 5.11. The smallest absolute Gasteiger partial charge is 0.257 e.